The van der Waals surface area contributed by atoms with E-state index >= 15 is 0 Å². The Morgan fingerprint density at radius 1 is 1.05 bits per heavy atom. The number of hydrogen-bond donors (Lipinski definition) is 3. The molecule has 3 rings (SSSR count). The van der Waals surface area contributed by atoms with E-state index in [4.69, 9.17) is 10.5 Å². The lowest BCUT2D eigenvalue weighted by molar-refractivity contribution is -0.145. The van der Waals surface area contributed by atoms with Crippen LogP contribution in [0.2, 0.25) is 0 Å². The molecule has 0 bridgehead atoms. The van der Waals surface area contributed by atoms with Gasteiger partial charge in [0.05, 0.1) is 6.04 Å². The number of nitrogens with one attached hydrogen (secondary N) is 2. The summed E-state index contributed by atoms with van der Waals surface area (Å²) in [7, 11) is 0. The molecule has 1 saturated heterocycles. The van der Waals surface area contributed by atoms with Gasteiger partial charge in [-0.1, -0.05) is 67.7 Å². The van der Waals surface area contributed by atoms with Gasteiger partial charge in [0, 0.05) is 6.54 Å². The van der Waals surface area contributed by atoms with Crippen LogP contribution >= 0.6 is 0 Å². The fourth-order valence-corrected chi connectivity index (χ4v) is 5.81. The standard InChI is InChI=1S/C28H46N4O6/c1-14(2)15(3)38-26(37)31-22(27(4,5)6)25(36)32-13-17-19(28(17,7)8)20(32)24(35)30-18(21(33)23(29)34)12-16-10-9-11-16/h14-20,22H,9-13H2,1-8H3,(H2,29,34)(H,30,35)(H,31,37)/t15-,17?,18?,19+,20+,22-/m1/s1. The van der Waals surface area contributed by atoms with E-state index in [9.17, 15) is 24.0 Å². The molecule has 0 aromatic heterocycles. The van der Waals surface area contributed by atoms with Crippen molar-refractivity contribution in [2.24, 2.45) is 40.2 Å². The quantitative estimate of drug-likeness (QED) is 0.367. The molecule has 214 valence electrons. The van der Waals surface area contributed by atoms with Crippen LogP contribution in [0.3, 0.4) is 0 Å². The minimum absolute atomic E-state index is 0.0898. The van der Waals surface area contributed by atoms with Gasteiger partial charge in [-0.2, -0.15) is 0 Å². The molecule has 0 aromatic rings. The van der Waals surface area contributed by atoms with Gasteiger partial charge in [0.2, 0.25) is 17.6 Å². The number of amides is 4. The fourth-order valence-electron chi connectivity index (χ4n) is 5.81. The number of ether oxygens (including phenoxy) is 1. The number of rotatable bonds is 10. The van der Waals surface area contributed by atoms with Crippen molar-refractivity contribution >= 4 is 29.6 Å². The highest BCUT2D eigenvalue weighted by molar-refractivity contribution is 6.37. The van der Waals surface area contributed by atoms with E-state index in [1.54, 1.807) is 6.92 Å². The predicted octanol–water partition coefficient (Wildman–Crippen LogP) is 2.38. The normalized spacial score (nSPS) is 26.4. The topological polar surface area (TPSA) is 148 Å². The Bertz CT molecular complexity index is 967. The molecule has 2 unspecified atom stereocenters. The molecule has 2 saturated carbocycles. The molecular formula is C28H46N4O6. The van der Waals surface area contributed by atoms with Gasteiger partial charge >= 0.3 is 6.09 Å². The summed E-state index contributed by atoms with van der Waals surface area (Å²) in [5.41, 5.74) is 4.48. The number of alkyl carbamates (subject to hydrolysis) is 1. The van der Waals surface area contributed by atoms with Crippen molar-refractivity contribution in [1.29, 1.82) is 0 Å². The van der Waals surface area contributed by atoms with Crippen LogP contribution in [0.25, 0.3) is 0 Å². The molecule has 10 heteroatoms. The third-order valence-corrected chi connectivity index (χ3v) is 9.04. The monoisotopic (exact) mass is 534 g/mol. The molecular weight excluding hydrogens is 488 g/mol. The van der Waals surface area contributed by atoms with Crippen LogP contribution in [-0.2, 0) is 23.9 Å². The number of carbonyl (C=O) groups is 5. The Labute approximate surface area is 226 Å². The minimum Gasteiger partial charge on any atom is -0.446 e. The summed E-state index contributed by atoms with van der Waals surface area (Å²) in [5.74, 6) is -2.33. The molecule has 0 aromatic carbocycles. The van der Waals surface area contributed by atoms with Crippen molar-refractivity contribution in [2.75, 3.05) is 6.54 Å². The molecule has 6 atom stereocenters. The number of fused-ring (bicyclic) bond motifs is 1. The van der Waals surface area contributed by atoms with E-state index < -0.39 is 47.2 Å². The van der Waals surface area contributed by atoms with Crippen molar-refractivity contribution < 1.29 is 28.7 Å². The first-order valence-electron chi connectivity index (χ1n) is 13.9. The van der Waals surface area contributed by atoms with E-state index in [0.717, 1.165) is 19.3 Å². The lowest BCUT2D eigenvalue weighted by Crippen LogP contribution is -2.60. The summed E-state index contributed by atoms with van der Waals surface area (Å²) in [5, 5.41) is 5.53. The van der Waals surface area contributed by atoms with Crippen LogP contribution < -0.4 is 16.4 Å². The second kappa shape index (κ2) is 10.8. The Morgan fingerprint density at radius 3 is 2.13 bits per heavy atom. The number of nitrogens with two attached hydrogens (primary N) is 1. The zero-order valence-corrected chi connectivity index (χ0v) is 24.1. The first-order chi connectivity index (χ1) is 17.5. The average Bonchev–Trinajstić information content (AvgIpc) is 3.10. The van der Waals surface area contributed by atoms with Gasteiger partial charge in [-0.3, -0.25) is 19.2 Å². The molecule has 1 aliphatic heterocycles. The van der Waals surface area contributed by atoms with Crippen molar-refractivity contribution in [1.82, 2.24) is 15.5 Å². The molecule has 0 radical (unpaired) electrons. The molecule has 3 fully saturated rings. The highest BCUT2D eigenvalue weighted by Gasteiger charge is 2.70. The van der Waals surface area contributed by atoms with Crippen molar-refractivity contribution in [2.45, 2.75) is 105 Å². The Morgan fingerprint density at radius 2 is 1.66 bits per heavy atom. The second-order valence-corrected chi connectivity index (χ2v) is 13.5. The lowest BCUT2D eigenvalue weighted by atomic mass is 9.80. The second-order valence-electron chi connectivity index (χ2n) is 13.5. The van der Waals surface area contributed by atoms with Crippen molar-refractivity contribution in [3.63, 3.8) is 0 Å². The summed E-state index contributed by atoms with van der Waals surface area (Å²) in [6, 6.07) is -2.75. The maximum Gasteiger partial charge on any atom is 0.408 e. The molecule has 10 nitrogen and oxygen atoms in total. The molecule has 2 aliphatic carbocycles. The van der Waals surface area contributed by atoms with Gasteiger partial charge in [0.25, 0.3) is 5.91 Å². The van der Waals surface area contributed by atoms with Gasteiger partial charge in [-0.25, -0.2) is 4.79 Å². The van der Waals surface area contributed by atoms with Crippen molar-refractivity contribution in [3.8, 4) is 0 Å². The number of hydrogen-bond acceptors (Lipinski definition) is 6. The molecule has 1 heterocycles. The zero-order valence-electron chi connectivity index (χ0n) is 24.1. The summed E-state index contributed by atoms with van der Waals surface area (Å²) >= 11 is 0. The number of Topliss-reactive ketones (excluding diaryl/α,β-unsaturated/α-hetero) is 1. The van der Waals surface area contributed by atoms with Crippen LogP contribution in [0.15, 0.2) is 0 Å². The van der Waals surface area contributed by atoms with Gasteiger partial charge in [0.15, 0.2) is 0 Å². The van der Waals surface area contributed by atoms with Crippen LogP contribution in [0, 0.1) is 34.5 Å². The van der Waals surface area contributed by atoms with Gasteiger partial charge < -0.3 is 26.0 Å². The molecule has 0 spiro atoms. The molecule has 3 aliphatic rings. The lowest BCUT2D eigenvalue weighted by Gasteiger charge is -2.38. The zero-order chi connectivity index (χ0) is 28.7. The first-order valence-corrected chi connectivity index (χ1v) is 13.9. The smallest absolute Gasteiger partial charge is 0.408 e. The van der Waals surface area contributed by atoms with Crippen LogP contribution in [0.4, 0.5) is 4.79 Å². The Kier molecular flexibility index (Phi) is 8.53. The van der Waals surface area contributed by atoms with Crippen LogP contribution in [0.1, 0.15) is 81.1 Å². The Hall–Kier alpha value is -2.65. The van der Waals surface area contributed by atoms with E-state index in [1.165, 1.54) is 4.90 Å². The number of likely N-dealkylation sites (tertiary alicyclic amines) is 1. The van der Waals surface area contributed by atoms with Crippen LogP contribution in [-0.4, -0.2) is 65.3 Å². The SMILES string of the molecule is CC(C)[C@@H](C)OC(=O)N[C@H](C(=O)N1CC2[C@@H]([C@H]1C(=O)NC(CC1CCC1)C(=O)C(N)=O)C2(C)C)C(C)(C)C. The molecule has 4 amide bonds. The maximum absolute atomic E-state index is 13.9. The summed E-state index contributed by atoms with van der Waals surface area (Å²) in [6.45, 7) is 15.7. The highest BCUT2D eigenvalue weighted by atomic mass is 16.6. The third-order valence-electron chi connectivity index (χ3n) is 9.04. The van der Waals surface area contributed by atoms with Gasteiger partial charge in [-0.05, 0) is 47.8 Å². The van der Waals surface area contributed by atoms with Gasteiger partial charge in [-0.15, -0.1) is 0 Å². The average molecular weight is 535 g/mol. The highest BCUT2D eigenvalue weighted by Crippen LogP contribution is 2.65. The molecule has 38 heavy (non-hydrogen) atoms. The maximum atomic E-state index is 13.9. The Balaban J connectivity index is 1.82. The predicted molar refractivity (Wildman–Crippen MR) is 142 cm³/mol. The molecule has 4 N–H and O–H groups in total. The van der Waals surface area contributed by atoms with Crippen molar-refractivity contribution in [3.05, 3.63) is 0 Å². The number of carbonyl (C=O) groups excluding carboxylic acids is 5. The van der Waals surface area contributed by atoms with Gasteiger partial charge in [0.1, 0.15) is 18.2 Å². The fraction of sp³-hybridized carbons (Fsp3) is 0.821. The minimum atomic E-state index is -1.08. The van der Waals surface area contributed by atoms with Crippen LogP contribution in [0.5, 0.6) is 0 Å². The van der Waals surface area contributed by atoms with E-state index in [0.29, 0.717) is 13.0 Å². The van der Waals surface area contributed by atoms with E-state index in [-0.39, 0.29) is 41.1 Å². The van der Waals surface area contributed by atoms with E-state index in [1.807, 2.05) is 34.6 Å². The summed E-state index contributed by atoms with van der Waals surface area (Å²) < 4.78 is 5.46. The third kappa shape index (κ3) is 6.15. The number of piperidine rings is 1. The largest absolute Gasteiger partial charge is 0.446 e. The van der Waals surface area contributed by atoms with E-state index in [2.05, 4.69) is 24.5 Å². The number of nitrogens with zero attached hydrogens (tertiary/aromatic N) is 1. The summed E-state index contributed by atoms with van der Waals surface area (Å²) in [4.78, 5) is 66.1. The first kappa shape index (κ1) is 29.9. The summed E-state index contributed by atoms with van der Waals surface area (Å²) in [6.07, 6.45) is 2.28. The number of ketones is 1. The number of primary amides is 1.